The van der Waals surface area contributed by atoms with E-state index in [0.717, 1.165) is 18.5 Å². The third-order valence-electron chi connectivity index (χ3n) is 3.72. The predicted molar refractivity (Wildman–Crippen MR) is 76.6 cm³/mol. The molecule has 0 radical (unpaired) electrons. The summed E-state index contributed by atoms with van der Waals surface area (Å²) >= 11 is 0. The summed E-state index contributed by atoms with van der Waals surface area (Å²) in [7, 11) is 1.58. The number of rotatable bonds is 3. The van der Waals surface area contributed by atoms with Gasteiger partial charge in [0.15, 0.2) is 0 Å². The molecule has 2 heterocycles. The van der Waals surface area contributed by atoms with Crippen LogP contribution in [0.4, 0.5) is 0 Å². The monoisotopic (exact) mass is 270 g/mol. The Balaban J connectivity index is 1.93. The average molecular weight is 270 g/mol. The topological polar surface area (TPSA) is 54.4 Å². The number of hydrogen-bond acceptors (Lipinski definition) is 4. The summed E-state index contributed by atoms with van der Waals surface area (Å²) in [5.74, 6) is 0.519. The zero-order valence-corrected chi connectivity index (χ0v) is 11.4. The van der Waals surface area contributed by atoms with Gasteiger partial charge in [-0.25, -0.2) is 4.98 Å². The van der Waals surface area contributed by atoms with Crippen LogP contribution in [0.1, 0.15) is 29.0 Å². The van der Waals surface area contributed by atoms with Crippen LogP contribution in [0.5, 0.6) is 5.88 Å². The van der Waals surface area contributed by atoms with Gasteiger partial charge in [-0.2, -0.15) is 0 Å². The number of fused-ring (bicyclic) bond motifs is 1. The van der Waals surface area contributed by atoms with Crippen LogP contribution < -0.4 is 10.1 Å². The number of aromatic nitrogens is 1. The van der Waals surface area contributed by atoms with Crippen molar-refractivity contribution in [3.05, 3.63) is 59.3 Å². The molecule has 4 nitrogen and oxygen atoms in total. The lowest BCUT2D eigenvalue weighted by Gasteiger charge is -2.30. The van der Waals surface area contributed by atoms with E-state index >= 15 is 0 Å². The molecule has 104 valence electrons. The van der Waals surface area contributed by atoms with Crippen LogP contribution in [0.25, 0.3) is 0 Å². The minimum absolute atomic E-state index is 0.125. The van der Waals surface area contributed by atoms with E-state index in [2.05, 4.69) is 22.4 Å². The Hall–Kier alpha value is -1.91. The molecular formula is C16H18N2O2. The van der Waals surface area contributed by atoms with Crippen molar-refractivity contribution in [3.8, 4) is 5.88 Å². The molecule has 1 aromatic heterocycles. The number of ether oxygens (including phenoxy) is 1. The van der Waals surface area contributed by atoms with Crippen LogP contribution in [0.2, 0.25) is 0 Å². The highest BCUT2D eigenvalue weighted by atomic mass is 16.5. The molecule has 0 bridgehead atoms. The second-order valence-corrected chi connectivity index (χ2v) is 4.93. The van der Waals surface area contributed by atoms with Gasteiger partial charge in [0.05, 0.1) is 18.8 Å². The summed E-state index contributed by atoms with van der Waals surface area (Å²) < 4.78 is 5.12. The van der Waals surface area contributed by atoms with Crippen molar-refractivity contribution in [1.82, 2.24) is 10.3 Å². The quantitative estimate of drug-likeness (QED) is 0.896. The first kappa shape index (κ1) is 13.1. The normalized spacial score (nSPS) is 19.2. The third kappa shape index (κ3) is 2.40. The summed E-state index contributed by atoms with van der Waals surface area (Å²) in [6.07, 6.45) is 0.303. The molecule has 0 saturated heterocycles. The number of methoxy groups -OCH3 is 1. The summed E-state index contributed by atoms with van der Waals surface area (Å²) in [4.78, 5) is 4.33. The van der Waals surface area contributed by atoms with Crippen LogP contribution >= 0.6 is 0 Å². The highest BCUT2D eigenvalue weighted by molar-refractivity contribution is 5.34. The van der Waals surface area contributed by atoms with Gasteiger partial charge in [-0.3, -0.25) is 0 Å². The van der Waals surface area contributed by atoms with Crippen LogP contribution in [-0.4, -0.2) is 23.7 Å². The minimum atomic E-state index is -0.688. The standard InChI is InChI=1S/C16H18N2O2/c1-20-14-8-4-7-13(18-14)16(19)15-12-6-3-2-5-11(12)9-10-17-15/h2-8,15-17,19H,9-10H2,1H3. The molecule has 3 rings (SSSR count). The minimum Gasteiger partial charge on any atom is -0.481 e. The number of nitrogens with zero attached hydrogens (tertiary/aromatic N) is 1. The molecule has 1 aliphatic rings. The molecule has 20 heavy (non-hydrogen) atoms. The Morgan fingerprint density at radius 2 is 2.10 bits per heavy atom. The molecule has 0 spiro atoms. The molecule has 2 aromatic rings. The van der Waals surface area contributed by atoms with Gasteiger partial charge in [-0.15, -0.1) is 0 Å². The Morgan fingerprint density at radius 3 is 2.95 bits per heavy atom. The van der Waals surface area contributed by atoms with E-state index < -0.39 is 6.10 Å². The lowest BCUT2D eigenvalue weighted by molar-refractivity contribution is 0.120. The van der Waals surface area contributed by atoms with Gasteiger partial charge in [-0.05, 0) is 30.2 Å². The summed E-state index contributed by atoms with van der Waals surface area (Å²) in [6.45, 7) is 0.864. The van der Waals surface area contributed by atoms with E-state index in [-0.39, 0.29) is 6.04 Å². The smallest absolute Gasteiger partial charge is 0.213 e. The van der Waals surface area contributed by atoms with Gasteiger partial charge < -0.3 is 15.2 Å². The summed E-state index contributed by atoms with van der Waals surface area (Å²) in [5, 5.41) is 14.0. The number of nitrogens with one attached hydrogen (secondary N) is 1. The summed E-state index contributed by atoms with van der Waals surface area (Å²) in [6, 6.07) is 13.6. The van der Waals surface area contributed by atoms with Gasteiger partial charge in [0, 0.05) is 6.07 Å². The highest BCUT2D eigenvalue weighted by Crippen LogP contribution is 2.32. The fourth-order valence-corrected chi connectivity index (χ4v) is 2.70. The second kappa shape index (κ2) is 5.61. The first-order chi connectivity index (χ1) is 9.79. The van der Waals surface area contributed by atoms with Crippen molar-refractivity contribution in [2.45, 2.75) is 18.6 Å². The van der Waals surface area contributed by atoms with Gasteiger partial charge in [0.1, 0.15) is 6.10 Å². The lowest BCUT2D eigenvalue weighted by atomic mass is 9.90. The second-order valence-electron chi connectivity index (χ2n) is 4.93. The maximum absolute atomic E-state index is 10.6. The van der Waals surface area contributed by atoms with E-state index in [9.17, 15) is 5.11 Å². The van der Waals surface area contributed by atoms with E-state index in [1.165, 1.54) is 5.56 Å². The van der Waals surface area contributed by atoms with Crippen molar-refractivity contribution < 1.29 is 9.84 Å². The first-order valence-electron chi connectivity index (χ1n) is 6.80. The maximum atomic E-state index is 10.6. The molecule has 4 heteroatoms. The molecule has 1 aliphatic heterocycles. The van der Waals surface area contributed by atoms with E-state index in [4.69, 9.17) is 4.74 Å². The first-order valence-corrected chi connectivity index (χ1v) is 6.80. The lowest BCUT2D eigenvalue weighted by Crippen LogP contribution is -2.34. The summed E-state index contributed by atoms with van der Waals surface area (Å²) in [5.41, 5.74) is 3.06. The van der Waals surface area contributed by atoms with E-state index in [1.54, 1.807) is 13.2 Å². The zero-order chi connectivity index (χ0) is 13.9. The van der Waals surface area contributed by atoms with Gasteiger partial charge in [-0.1, -0.05) is 30.3 Å². The number of hydrogen-bond donors (Lipinski definition) is 2. The molecular weight excluding hydrogens is 252 g/mol. The van der Waals surface area contributed by atoms with E-state index in [1.807, 2.05) is 24.3 Å². The molecule has 2 unspecified atom stereocenters. The molecule has 2 N–H and O–H groups in total. The molecule has 2 atom stereocenters. The van der Waals surface area contributed by atoms with E-state index in [0.29, 0.717) is 11.6 Å². The van der Waals surface area contributed by atoms with Crippen LogP contribution in [0, 0.1) is 0 Å². The van der Waals surface area contributed by atoms with Crippen LogP contribution in [0.3, 0.4) is 0 Å². The zero-order valence-electron chi connectivity index (χ0n) is 11.4. The van der Waals surface area contributed by atoms with Crippen molar-refractivity contribution in [2.75, 3.05) is 13.7 Å². The molecule has 0 saturated carbocycles. The average Bonchev–Trinajstić information content (AvgIpc) is 2.53. The van der Waals surface area contributed by atoms with Crippen LogP contribution in [0.15, 0.2) is 42.5 Å². The number of benzene rings is 1. The Bertz CT molecular complexity index is 601. The van der Waals surface area contributed by atoms with Crippen molar-refractivity contribution in [2.24, 2.45) is 0 Å². The molecule has 0 amide bonds. The van der Waals surface area contributed by atoms with Gasteiger partial charge in [0.2, 0.25) is 5.88 Å². The number of aliphatic hydroxyl groups excluding tert-OH is 1. The van der Waals surface area contributed by atoms with Gasteiger partial charge >= 0.3 is 0 Å². The van der Waals surface area contributed by atoms with Crippen molar-refractivity contribution in [1.29, 1.82) is 0 Å². The highest BCUT2D eigenvalue weighted by Gasteiger charge is 2.28. The van der Waals surface area contributed by atoms with Gasteiger partial charge in [0.25, 0.3) is 0 Å². The Morgan fingerprint density at radius 1 is 1.25 bits per heavy atom. The Kier molecular flexibility index (Phi) is 3.67. The Labute approximate surface area is 118 Å². The van der Waals surface area contributed by atoms with Crippen LogP contribution in [-0.2, 0) is 6.42 Å². The molecule has 0 aliphatic carbocycles. The fraction of sp³-hybridized carbons (Fsp3) is 0.312. The third-order valence-corrected chi connectivity index (χ3v) is 3.72. The SMILES string of the molecule is COc1cccc(C(O)C2NCCc3ccccc32)n1. The van der Waals surface area contributed by atoms with Crippen molar-refractivity contribution in [3.63, 3.8) is 0 Å². The predicted octanol–water partition coefficient (Wildman–Crippen LogP) is 2.01. The number of aliphatic hydroxyl groups is 1. The molecule has 0 fully saturated rings. The van der Waals surface area contributed by atoms with Crippen molar-refractivity contribution >= 4 is 0 Å². The number of pyridine rings is 1. The largest absolute Gasteiger partial charge is 0.481 e. The fourth-order valence-electron chi connectivity index (χ4n) is 2.70. The maximum Gasteiger partial charge on any atom is 0.213 e. The molecule has 1 aromatic carbocycles.